The number of hydrogen-bond acceptors (Lipinski definition) is 3. The maximum absolute atomic E-state index is 12.5. The van der Waals surface area contributed by atoms with Crippen molar-refractivity contribution in [3.05, 3.63) is 102 Å². The van der Waals surface area contributed by atoms with E-state index >= 15 is 0 Å². The highest BCUT2D eigenvalue weighted by Gasteiger charge is 2.15. The van der Waals surface area contributed by atoms with Gasteiger partial charge in [-0.2, -0.15) is 12.8 Å². The minimum atomic E-state index is -3.89. The molecule has 0 fully saturated rings. The lowest BCUT2D eigenvalue weighted by atomic mass is 10.1. The van der Waals surface area contributed by atoms with Gasteiger partial charge in [-0.05, 0) is 23.8 Å². The van der Waals surface area contributed by atoms with Crippen molar-refractivity contribution in [3.63, 3.8) is 0 Å². The van der Waals surface area contributed by atoms with Gasteiger partial charge < -0.3 is 0 Å². The summed E-state index contributed by atoms with van der Waals surface area (Å²) in [4.78, 5) is 3.90. The van der Waals surface area contributed by atoms with Crippen molar-refractivity contribution >= 4 is 21.8 Å². The Hall–Kier alpha value is -3.05. The highest BCUT2D eigenvalue weighted by molar-refractivity contribution is 7.90. The molecule has 0 aliphatic carbocycles. The second-order valence-corrected chi connectivity index (χ2v) is 6.78. The first-order valence-corrected chi connectivity index (χ1v) is 9.14. The summed E-state index contributed by atoms with van der Waals surface area (Å²) in [7, 11) is -3.89. The number of nitrogens with zero attached hydrogens (tertiary/aromatic N) is 2. The maximum Gasteiger partial charge on any atom is 0.300 e. The Morgan fingerprint density at radius 1 is 0.840 bits per heavy atom. The van der Waals surface area contributed by atoms with Crippen LogP contribution in [0.5, 0.6) is 0 Å². The minimum Gasteiger partial charge on any atom is -0.243 e. The van der Waals surface area contributed by atoms with E-state index in [1.807, 2.05) is 66.7 Å². The molecule has 0 bridgehead atoms. The van der Waals surface area contributed by atoms with E-state index in [4.69, 9.17) is 0 Å². The Morgan fingerprint density at radius 3 is 2.12 bits per heavy atom. The summed E-state index contributed by atoms with van der Waals surface area (Å²) < 4.78 is 29.1. The monoisotopic (exact) mass is 348 g/mol. The van der Waals surface area contributed by atoms with Crippen LogP contribution in [-0.4, -0.2) is 19.1 Å². The van der Waals surface area contributed by atoms with E-state index in [0.717, 1.165) is 5.56 Å². The van der Waals surface area contributed by atoms with Crippen molar-refractivity contribution < 1.29 is 8.42 Å². The van der Waals surface area contributed by atoms with Gasteiger partial charge in [-0.1, -0.05) is 72.8 Å². The van der Waals surface area contributed by atoms with Crippen LogP contribution in [0.3, 0.4) is 0 Å². The normalized spacial score (nSPS) is 12.4. The van der Waals surface area contributed by atoms with E-state index in [0.29, 0.717) is 11.3 Å². The zero-order valence-corrected chi connectivity index (χ0v) is 14.2. The van der Waals surface area contributed by atoms with Crippen LogP contribution in [0, 0.1) is 0 Å². The van der Waals surface area contributed by atoms with Crippen LogP contribution in [0.25, 0.3) is 6.08 Å². The zero-order valence-electron chi connectivity index (χ0n) is 13.4. The van der Waals surface area contributed by atoms with Gasteiger partial charge in [0.15, 0.2) is 5.03 Å². The topological polar surface area (TPSA) is 59.4 Å². The molecular formula is C20H16N2O2S. The number of sulfonamides is 1. The van der Waals surface area contributed by atoms with Gasteiger partial charge in [-0.15, -0.1) is 0 Å². The van der Waals surface area contributed by atoms with Gasteiger partial charge in [0.05, 0.1) is 5.71 Å². The van der Waals surface area contributed by atoms with Crippen LogP contribution in [0.15, 0.2) is 101 Å². The van der Waals surface area contributed by atoms with Gasteiger partial charge in [0, 0.05) is 11.8 Å². The summed E-state index contributed by atoms with van der Waals surface area (Å²) >= 11 is 0. The molecule has 25 heavy (non-hydrogen) atoms. The van der Waals surface area contributed by atoms with Crippen molar-refractivity contribution in [1.29, 1.82) is 0 Å². The Bertz CT molecular complexity index is 982. The summed E-state index contributed by atoms with van der Waals surface area (Å²) in [5, 5.41) is -0.0726. The summed E-state index contributed by atoms with van der Waals surface area (Å²) in [5.74, 6) is 0. The third kappa shape index (κ3) is 4.49. The van der Waals surface area contributed by atoms with E-state index in [1.165, 1.54) is 12.3 Å². The standard InChI is InChI=1S/C20H16N2O2S/c23-25(24,20-13-7-8-16-21-20)22-19(18-11-5-2-6-12-18)15-14-17-9-3-1-4-10-17/h1-16H. The maximum atomic E-state index is 12.5. The van der Waals surface area contributed by atoms with Crippen molar-refractivity contribution in [2.24, 2.45) is 4.40 Å². The van der Waals surface area contributed by atoms with Crippen LogP contribution in [0.2, 0.25) is 0 Å². The van der Waals surface area contributed by atoms with Gasteiger partial charge in [0.1, 0.15) is 0 Å². The molecule has 0 aliphatic rings. The molecule has 2 aromatic carbocycles. The van der Waals surface area contributed by atoms with E-state index < -0.39 is 10.0 Å². The largest absolute Gasteiger partial charge is 0.300 e. The molecule has 0 saturated heterocycles. The second-order valence-electron chi connectivity index (χ2n) is 5.23. The molecule has 0 N–H and O–H groups in total. The third-order valence-corrected chi connectivity index (χ3v) is 4.63. The number of pyridine rings is 1. The molecule has 0 spiro atoms. The van der Waals surface area contributed by atoms with Crippen molar-refractivity contribution in [2.75, 3.05) is 0 Å². The number of benzene rings is 2. The molecule has 0 aliphatic heterocycles. The molecule has 0 unspecified atom stereocenters. The second kappa shape index (κ2) is 7.68. The summed E-state index contributed by atoms with van der Waals surface area (Å²) in [5.41, 5.74) is 2.03. The first-order chi connectivity index (χ1) is 12.1. The summed E-state index contributed by atoms with van der Waals surface area (Å²) in [6, 6.07) is 23.6. The van der Waals surface area contributed by atoms with Gasteiger partial charge in [0.25, 0.3) is 10.0 Å². The zero-order chi connectivity index (χ0) is 17.5. The fourth-order valence-electron chi connectivity index (χ4n) is 2.20. The molecular weight excluding hydrogens is 332 g/mol. The van der Waals surface area contributed by atoms with Gasteiger partial charge in [0.2, 0.25) is 0 Å². The fraction of sp³-hybridized carbons (Fsp3) is 0. The Balaban J connectivity index is 2.04. The van der Waals surface area contributed by atoms with E-state index in [-0.39, 0.29) is 5.03 Å². The van der Waals surface area contributed by atoms with Crippen LogP contribution < -0.4 is 0 Å². The predicted molar refractivity (Wildman–Crippen MR) is 99.9 cm³/mol. The van der Waals surface area contributed by atoms with Crippen molar-refractivity contribution in [3.8, 4) is 0 Å². The highest BCUT2D eigenvalue weighted by atomic mass is 32.2. The molecule has 5 heteroatoms. The Kier molecular flexibility index (Phi) is 5.16. The van der Waals surface area contributed by atoms with E-state index in [9.17, 15) is 8.42 Å². The third-order valence-electron chi connectivity index (χ3n) is 3.42. The first-order valence-electron chi connectivity index (χ1n) is 7.70. The lowest BCUT2D eigenvalue weighted by molar-refractivity contribution is 0.594. The van der Waals surface area contributed by atoms with Crippen LogP contribution >= 0.6 is 0 Å². The van der Waals surface area contributed by atoms with E-state index in [1.54, 1.807) is 18.2 Å². The van der Waals surface area contributed by atoms with Crippen molar-refractivity contribution in [1.82, 2.24) is 4.98 Å². The lowest BCUT2D eigenvalue weighted by Crippen LogP contribution is -2.05. The summed E-state index contributed by atoms with van der Waals surface area (Å²) in [6.45, 7) is 0. The SMILES string of the molecule is O=S(=O)(N=C(C=Cc1ccccc1)c1ccccc1)c1ccccn1. The average Bonchev–Trinajstić information content (AvgIpc) is 2.67. The van der Waals surface area contributed by atoms with Crippen LogP contribution in [0.1, 0.15) is 11.1 Å². The number of aromatic nitrogens is 1. The molecule has 0 atom stereocenters. The van der Waals surface area contributed by atoms with Gasteiger partial charge in [-0.25, -0.2) is 4.98 Å². The van der Waals surface area contributed by atoms with E-state index in [2.05, 4.69) is 9.38 Å². The Labute approximate surface area is 147 Å². The smallest absolute Gasteiger partial charge is 0.243 e. The molecule has 124 valence electrons. The van der Waals surface area contributed by atoms with Crippen LogP contribution in [0.4, 0.5) is 0 Å². The number of allylic oxidation sites excluding steroid dienone is 1. The number of hydrogen-bond donors (Lipinski definition) is 0. The molecule has 0 amide bonds. The van der Waals surface area contributed by atoms with Gasteiger partial charge in [-0.3, -0.25) is 0 Å². The molecule has 0 saturated carbocycles. The highest BCUT2D eigenvalue weighted by Crippen LogP contribution is 2.13. The molecule has 3 rings (SSSR count). The first kappa shape index (κ1) is 16.8. The lowest BCUT2D eigenvalue weighted by Gasteiger charge is -2.03. The number of rotatable bonds is 5. The Morgan fingerprint density at radius 2 is 1.48 bits per heavy atom. The molecule has 1 aromatic heterocycles. The predicted octanol–water partition coefficient (Wildman–Crippen LogP) is 3.97. The molecule has 0 radical (unpaired) electrons. The van der Waals surface area contributed by atoms with Gasteiger partial charge >= 0.3 is 0 Å². The summed E-state index contributed by atoms with van der Waals surface area (Å²) in [6.07, 6.45) is 4.97. The quantitative estimate of drug-likeness (QED) is 0.656. The average molecular weight is 348 g/mol. The van der Waals surface area contributed by atoms with Crippen molar-refractivity contribution in [2.45, 2.75) is 5.03 Å². The minimum absolute atomic E-state index is 0.0726. The fourth-order valence-corrected chi connectivity index (χ4v) is 3.17. The molecule has 3 aromatic rings. The molecule has 1 heterocycles. The molecule has 4 nitrogen and oxygen atoms in total. The van der Waals surface area contributed by atoms with Crippen LogP contribution in [-0.2, 0) is 10.0 Å².